The predicted molar refractivity (Wildman–Crippen MR) is 130 cm³/mol. The minimum atomic E-state index is -0.945. The third kappa shape index (κ3) is 5.50. The lowest BCUT2D eigenvalue weighted by molar-refractivity contribution is -0.136. The first-order valence-electron chi connectivity index (χ1n) is 10.9. The Morgan fingerprint density at radius 3 is 2.38 bits per heavy atom. The number of carboxylic acids is 1. The van der Waals surface area contributed by atoms with Gasteiger partial charge in [0.05, 0.1) is 25.8 Å². The molecule has 7 heteroatoms. The van der Waals surface area contributed by atoms with Crippen LogP contribution in [0.1, 0.15) is 22.3 Å². The van der Waals surface area contributed by atoms with Crippen molar-refractivity contribution in [2.75, 3.05) is 13.7 Å². The van der Waals surface area contributed by atoms with Crippen LogP contribution >= 0.6 is 0 Å². The Hall–Kier alpha value is -4.39. The molecule has 0 saturated carbocycles. The number of rotatable bonds is 9. The lowest BCUT2D eigenvalue weighted by atomic mass is 10.0. The second-order valence-corrected chi connectivity index (χ2v) is 7.78. The smallest absolute Gasteiger partial charge is 0.305 e. The Kier molecular flexibility index (Phi) is 7.03. The number of hydrogen-bond acceptors (Lipinski definition) is 4. The number of carbonyl (C=O) groups excluding carboxylic acids is 1. The molecule has 4 rings (SSSR count). The van der Waals surface area contributed by atoms with Gasteiger partial charge in [-0.25, -0.2) is 0 Å². The van der Waals surface area contributed by atoms with Gasteiger partial charge in [-0.15, -0.1) is 0 Å². The van der Waals surface area contributed by atoms with E-state index in [0.29, 0.717) is 12.1 Å². The Morgan fingerprint density at radius 2 is 1.65 bits per heavy atom. The summed E-state index contributed by atoms with van der Waals surface area (Å²) in [6.45, 7) is 0.647. The van der Waals surface area contributed by atoms with Gasteiger partial charge >= 0.3 is 5.97 Å². The van der Waals surface area contributed by atoms with E-state index in [2.05, 4.69) is 34.7 Å². The number of methoxy groups -OCH3 is 1. The van der Waals surface area contributed by atoms with Crippen LogP contribution in [0.25, 0.3) is 22.4 Å². The van der Waals surface area contributed by atoms with Gasteiger partial charge in [0.2, 0.25) is 0 Å². The summed E-state index contributed by atoms with van der Waals surface area (Å²) in [4.78, 5) is 22.7. The van der Waals surface area contributed by atoms with Crippen LogP contribution in [0.3, 0.4) is 0 Å². The minimum Gasteiger partial charge on any atom is -0.497 e. The fraction of sp³-hybridized carbons (Fsp3) is 0.148. The maximum Gasteiger partial charge on any atom is 0.305 e. The Labute approximate surface area is 197 Å². The molecule has 4 aromatic rings. The zero-order valence-electron chi connectivity index (χ0n) is 18.8. The number of aliphatic carboxylic acids is 1. The summed E-state index contributed by atoms with van der Waals surface area (Å²) >= 11 is 0. The highest BCUT2D eigenvalue weighted by Gasteiger charge is 2.10. The maximum absolute atomic E-state index is 12.2. The number of amides is 1. The third-order valence-electron chi connectivity index (χ3n) is 5.45. The molecule has 7 nitrogen and oxygen atoms in total. The molecule has 0 fully saturated rings. The highest BCUT2D eigenvalue weighted by Crippen LogP contribution is 2.28. The van der Waals surface area contributed by atoms with Gasteiger partial charge in [0.15, 0.2) is 0 Å². The number of nitrogens with zero attached hydrogens (tertiary/aromatic N) is 2. The number of aromatic nitrogens is 2. The standard InChI is InChI=1S/C27H25N3O4/c1-34-24-7-3-5-22(17-24)21-4-2-6-23(16-21)25-12-15-29-30(25)18-19-8-10-20(11-9-19)27(33)28-14-13-26(31)32/h2-12,15-17H,13-14,18H2,1H3,(H,28,33)(H,31,32). The molecule has 0 aliphatic heterocycles. The van der Waals surface area contributed by atoms with Crippen LogP contribution in [0.5, 0.6) is 5.75 Å². The fourth-order valence-electron chi connectivity index (χ4n) is 3.68. The van der Waals surface area contributed by atoms with Crippen LogP contribution in [0.2, 0.25) is 0 Å². The first kappa shape index (κ1) is 22.8. The number of nitrogens with one attached hydrogen (secondary N) is 1. The second kappa shape index (κ2) is 10.5. The van der Waals surface area contributed by atoms with Gasteiger partial charge in [0, 0.05) is 23.9 Å². The molecule has 1 aromatic heterocycles. The number of benzene rings is 3. The number of ether oxygens (including phenoxy) is 1. The molecule has 0 unspecified atom stereocenters. The summed E-state index contributed by atoms with van der Waals surface area (Å²) in [6.07, 6.45) is 1.67. The molecule has 0 radical (unpaired) electrons. The second-order valence-electron chi connectivity index (χ2n) is 7.78. The summed E-state index contributed by atoms with van der Waals surface area (Å²) in [5.74, 6) is -0.423. The van der Waals surface area contributed by atoms with Crippen molar-refractivity contribution in [1.82, 2.24) is 15.1 Å². The molecule has 1 heterocycles. The van der Waals surface area contributed by atoms with Crippen LogP contribution < -0.4 is 10.1 Å². The van der Waals surface area contributed by atoms with Crippen LogP contribution in [-0.4, -0.2) is 40.4 Å². The van der Waals surface area contributed by atoms with Crippen molar-refractivity contribution in [2.45, 2.75) is 13.0 Å². The molecule has 0 bridgehead atoms. The Morgan fingerprint density at radius 1 is 0.941 bits per heavy atom. The Bertz CT molecular complexity index is 1300. The van der Waals surface area contributed by atoms with E-state index in [0.717, 1.165) is 33.7 Å². The molecule has 2 N–H and O–H groups in total. The SMILES string of the molecule is COc1cccc(-c2cccc(-c3ccnn3Cc3ccc(C(=O)NCCC(=O)O)cc3)c2)c1. The van der Waals surface area contributed by atoms with Crippen molar-refractivity contribution in [3.63, 3.8) is 0 Å². The average molecular weight is 456 g/mol. The van der Waals surface area contributed by atoms with Gasteiger partial charge in [0.25, 0.3) is 5.91 Å². The highest BCUT2D eigenvalue weighted by molar-refractivity contribution is 5.94. The van der Waals surface area contributed by atoms with Crippen molar-refractivity contribution < 1.29 is 19.4 Å². The van der Waals surface area contributed by atoms with Crippen molar-refractivity contribution in [1.29, 1.82) is 0 Å². The van der Waals surface area contributed by atoms with Gasteiger partial charge in [-0.05, 0) is 53.1 Å². The first-order valence-corrected chi connectivity index (χ1v) is 10.9. The molecule has 0 spiro atoms. The summed E-state index contributed by atoms with van der Waals surface area (Å²) in [5, 5.41) is 15.8. The number of hydrogen-bond donors (Lipinski definition) is 2. The number of carbonyl (C=O) groups is 2. The third-order valence-corrected chi connectivity index (χ3v) is 5.45. The summed E-state index contributed by atoms with van der Waals surface area (Å²) in [7, 11) is 1.66. The molecular weight excluding hydrogens is 430 g/mol. The Balaban J connectivity index is 1.49. The summed E-state index contributed by atoms with van der Waals surface area (Å²) in [5.41, 5.74) is 5.68. The quantitative estimate of drug-likeness (QED) is 0.388. The van der Waals surface area contributed by atoms with Crippen LogP contribution in [0.4, 0.5) is 0 Å². The van der Waals surface area contributed by atoms with E-state index in [4.69, 9.17) is 9.84 Å². The lowest BCUT2D eigenvalue weighted by Gasteiger charge is -2.11. The summed E-state index contributed by atoms with van der Waals surface area (Å²) in [6, 6.07) is 25.5. The molecule has 34 heavy (non-hydrogen) atoms. The van der Waals surface area contributed by atoms with Gasteiger partial charge in [-0.2, -0.15) is 5.10 Å². The molecule has 0 aliphatic rings. The molecule has 1 amide bonds. The molecule has 0 saturated heterocycles. The van der Waals surface area contributed by atoms with E-state index in [9.17, 15) is 9.59 Å². The van der Waals surface area contributed by atoms with E-state index < -0.39 is 5.97 Å². The highest BCUT2D eigenvalue weighted by atomic mass is 16.5. The lowest BCUT2D eigenvalue weighted by Crippen LogP contribution is -2.25. The van der Waals surface area contributed by atoms with Gasteiger partial charge in [-0.3, -0.25) is 14.3 Å². The zero-order chi connectivity index (χ0) is 23.9. The van der Waals surface area contributed by atoms with E-state index in [1.165, 1.54) is 0 Å². The molecule has 0 atom stereocenters. The zero-order valence-corrected chi connectivity index (χ0v) is 18.8. The van der Waals surface area contributed by atoms with Crippen molar-refractivity contribution in [3.05, 3.63) is 96.2 Å². The first-order chi connectivity index (χ1) is 16.5. The molecule has 172 valence electrons. The normalized spacial score (nSPS) is 10.6. The van der Waals surface area contributed by atoms with Crippen LogP contribution in [0.15, 0.2) is 85.1 Å². The maximum atomic E-state index is 12.2. The van der Waals surface area contributed by atoms with E-state index >= 15 is 0 Å². The van der Waals surface area contributed by atoms with E-state index in [-0.39, 0.29) is 18.9 Å². The van der Waals surface area contributed by atoms with Crippen molar-refractivity contribution >= 4 is 11.9 Å². The average Bonchev–Trinajstić information content (AvgIpc) is 3.32. The van der Waals surface area contributed by atoms with Gasteiger partial charge < -0.3 is 15.2 Å². The van der Waals surface area contributed by atoms with Crippen molar-refractivity contribution in [3.8, 4) is 28.1 Å². The van der Waals surface area contributed by atoms with E-state index in [1.807, 2.05) is 47.1 Å². The predicted octanol–water partition coefficient (Wildman–Crippen LogP) is 4.48. The largest absolute Gasteiger partial charge is 0.497 e. The minimum absolute atomic E-state index is 0.0986. The fourth-order valence-corrected chi connectivity index (χ4v) is 3.68. The summed E-state index contributed by atoms with van der Waals surface area (Å²) < 4.78 is 7.28. The van der Waals surface area contributed by atoms with Crippen LogP contribution in [0, 0.1) is 0 Å². The molecular formula is C27H25N3O4. The van der Waals surface area contributed by atoms with Gasteiger partial charge in [0.1, 0.15) is 5.75 Å². The number of carboxylic acid groups (broad SMARTS) is 1. The van der Waals surface area contributed by atoms with Crippen molar-refractivity contribution in [2.24, 2.45) is 0 Å². The van der Waals surface area contributed by atoms with E-state index in [1.54, 1.807) is 25.4 Å². The monoisotopic (exact) mass is 455 g/mol. The topological polar surface area (TPSA) is 93.5 Å². The molecule has 3 aromatic carbocycles. The van der Waals surface area contributed by atoms with Gasteiger partial charge in [-0.1, -0.05) is 42.5 Å². The molecule has 0 aliphatic carbocycles. The van der Waals surface area contributed by atoms with Crippen LogP contribution in [-0.2, 0) is 11.3 Å².